The number of hydrogen-bond acceptors (Lipinski definition) is 6. The summed E-state index contributed by atoms with van der Waals surface area (Å²) in [5, 5.41) is 3.12. The van der Waals surface area contributed by atoms with Gasteiger partial charge >= 0.3 is 13.6 Å². The van der Waals surface area contributed by atoms with Crippen LogP contribution in [0.1, 0.15) is 38.3 Å². The smallest absolute Gasteiger partial charge is 0.347 e. The zero-order chi connectivity index (χ0) is 22.0. The van der Waals surface area contributed by atoms with E-state index < -0.39 is 25.4 Å². The second kappa shape index (κ2) is 12.0. The van der Waals surface area contributed by atoms with Crippen molar-refractivity contribution < 1.29 is 23.1 Å². The standard InChI is InChI=1S/C23H32NO5P/c1-18(2)15-22(23(25)27-4)24-19(3)30(26,28-16-20-11-7-5-8-12-20)29-17-21-13-9-6-10-14-21/h5-14,18-19,22,24H,15-17H2,1-4H3/t19-,22+/m1/s1. The quantitative estimate of drug-likeness (QED) is 0.369. The number of ether oxygens (including phenoxy) is 1. The van der Waals surface area contributed by atoms with E-state index in [-0.39, 0.29) is 19.1 Å². The third-order valence-electron chi connectivity index (χ3n) is 4.62. The highest BCUT2D eigenvalue weighted by Crippen LogP contribution is 2.53. The first-order valence-corrected chi connectivity index (χ1v) is 11.8. The summed E-state index contributed by atoms with van der Waals surface area (Å²) in [5.41, 5.74) is 1.78. The summed E-state index contributed by atoms with van der Waals surface area (Å²) in [6.45, 7) is 6.03. The fourth-order valence-corrected chi connectivity index (χ4v) is 4.51. The summed E-state index contributed by atoms with van der Waals surface area (Å²) in [6, 6.07) is 18.4. The average Bonchev–Trinajstić information content (AvgIpc) is 2.76. The number of benzene rings is 2. The third kappa shape index (κ3) is 7.69. The van der Waals surface area contributed by atoms with Crippen LogP contribution in [0.25, 0.3) is 0 Å². The molecule has 0 saturated carbocycles. The monoisotopic (exact) mass is 433 g/mol. The first kappa shape index (κ1) is 24.3. The van der Waals surface area contributed by atoms with Crippen molar-refractivity contribution in [3.8, 4) is 0 Å². The minimum Gasteiger partial charge on any atom is -0.468 e. The number of nitrogens with one attached hydrogen (secondary N) is 1. The Morgan fingerprint density at radius 2 is 1.37 bits per heavy atom. The molecule has 0 aliphatic rings. The van der Waals surface area contributed by atoms with Crippen molar-refractivity contribution in [3.63, 3.8) is 0 Å². The van der Waals surface area contributed by atoms with Gasteiger partial charge in [0, 0.05) is 0 Å². The Labute approximate surface area is 179 Å². The molecule has 0 aliphatic heterocycles. The summed E-state index contributed by atoms with van der Waals surface area (Å²) in [6.07, 6.45) is 0.550. The molecule has 6 nitrogen and oxygen atoms in total. The molecule has 0 bridgehead atoms. The van der Waals surface area contributed by atoms with Crippen molar-refractivity contribution in [3.05, 3.63) is 71.8 Å². The number of esters is 1. The molecule has 2 atom stereocenters. The predicted molar refractivity (Wildman–Crippen MR) is 118 cm³/mol. The average molecular weight is 433 g/mol. The minimum atomic E-state index is -3.61. The van der Waals surface area contributed by atoms with Gasteiger partial charge in [-0.15, -0.1) is 0 Å². The molecule has 0 fully saturated rings. The van der Waals surface area contributed by atoms with Crippen LogP contribution in [0, 0.1) is 5.92 Å². The molecule has 2 rings (SSSR count). The van der Waals surface area contributed by atoms with Gasteiger partial charge in [0.1, 0.15) is 11.8 Å². The fourth-order valence-electron chi connectivity index (χ4n) is 2.97. The van der Waals surface area contributed by atoms with Crippen molar-refractivity contribution in [1.82, 2.24) is 5.32 Å². The largest absolute Gasteiger partial charge is 0.468 e. The van der Waals surface area contributed by atoms with E-state index in [4.69, 9.17) is 13.8 Å². The second-order valence-electron chi connectivity index (χ2n) is 7.61. The Kier molecular flexibility index (Phi) is 9.73. The maximum absolute atomic E-state index is 13.7. The van der Waals surface area contributed by atoms with Crippen molar-refractivity contribution in [1.29, 1.82) is 0 Å². The molecule has 0 aromatic heterocycles. The van der Waals surface area contributed by atoms with Crippen LogP contribution in [0.3, 0.4) is 0 Å². The van der Waals surface area contributed by atoms with Gasteiger partial charge in [-0.2, -0.15) is 0 Å². The predicted octanol–water partition coefficient (Wildman–Crippen LogP) is 5.14. The minimum absolute atomic E-state index is 0.145. The highest BCUT2D eigenvalue weighted by molar-refractivity contribution is 7.54. The lowest BCUT2D eigenvalue weighted by Crippen LogP contribution is -2.43. The molecule has 0 spiro atoms. The lowest BCUT2D eigenvalue weighted by Gasteiger charge is -2.28. The summed E-state index contributed by atoms with van der Waals surface area (Å²) in [4.78, 5) is 12.2. The fraction of sp³-hybridized carbons (Fsp3) is 0.435. The van der Waals surface area contributed by atoms with Gasteiger partial charge in [-0.05, 0) is 30.4 Å². The first-order valence-electron chi connectivity index (χ1n) is 10.1. The zero-order valence-corrected chi connectivity index (χ0v) is 19.0. The summed E-state index contributed by atoms with van der Waals surface area (Å²) >= 11 is 0. The molecule has 0 amide bonds. The maximum Gasteiger partial charge on any atom is 0.347 e. The summed E-state index contributed by atoms with van der Waals surface area (Å²) in [7, 11) is -2.26. The van der Waals surface area contributed by atoms with Crippen LogP contribution in [0.2, 0.25) is 0 Å². The van der Waals surface area contributed by atoms with Gasteiger partial charge in [0.25, 0.3) is 0 Å². The lowest BCUT2D eigenvalue weighted by molar-refractivity contribution is -0.143. The Bertz CT molecular complexity index is 765. The Balaban J connectivity index is 2.16. The number of carbonyl (C=O) groups excluding carboxylic acids is 1. The van der Waals surface area contributed by atoms with E-state index in [1.165, 1.54) is 7.11 Å². The molecule has 7 heteroatoms. The Morgan fingerprint density at radius 1 is 0.900 bits per heavy atom. The van der Waals surface area contributed by atoms with Crippen LogP contribution in [-0.4, -0.2) is 24.9 Å². The van der Waals surface area contributed by atoms with Crippen LogP contribution in [-0.2, 0) is 36.4 Å². The van der Waals surface area contributed by atoms with Crippen molar-refractivity contribution in [2.75, 3.05) is 7.11 Å². The van der Waals surface area contributed by atoms with Crippen molar-refractivity contribution >= 4 is 13.6 Å². The van der Waals surface area contributed by atoms with Gasteiger partial charge in [-0.1, -0.05) is 74.5 Å². The molecule has 1 N–H and O–H groups in total. The molecule has 30 heavy (non-hydrogen) atoms. The molecule has 0 saturated heterocycles. The molecule has 2 aromatic rings. The maximum atomic E-state index is 13.7. The highest BCUT2D eigenvalue weighted by Gasteiger charge is 2.36. The number of methoxy groups -OCH3 is 1. The lowest BCUT2D eigenvalue weighted by atomic mass is 10.0. The summed E-state index contributed by atoms with van der Waals surface area (Å²) < 4.78 is 30.3. The van der Waals surface area contributed by atoms with Crippen LogP contribution < -0.4 is 5.32 Å². The highest BCUT2D eigenvalue weighted by atomic mass is 31.2. The number of carbonyl (C=O) groups is 1. The van der Waals surface area contributed by atoms with Crippen LogP contribution in [0.5, 0.6) is 0 Å². The van der Waals surface area contributed by atoms with E-state index >= 15 is 0 Å². The molecule has 164 valence electrons. The second-order valence-corrected chi connectivity index (χ2v) is 9.98. The van der Waals surface area contributed by atoms with E-state index in [0.29, 0.717) is 6.42 Å². The third-order valence-corrected chi connectivity index (χ3v) is 6.69. The van der Waals surface area contributed by atoms with E-state index in [1.54, 1.807) is 6.92 Å². The van der Waals surface area contributed by atoms with Gasteiger partial charge in [0.15, 0.2) is 0 Å². The SMILES string of the molecule is COC(=O)[C@H](CC(C)C)N[C@@H](C)P(=O)(OCc1ccccc1)OCc1ccccc1. The van der Waals surface area contributed by atoms with Gasteiger partial charge in [0.05, 0.1) is 20.3 Å². The molecular weight excluding hydrogens is 401 g/mol. The van der Waals surface area contributed by atoms with Crippen molar-refractivity contribution in [2.45, 2.75) is 52.2 Å². The van der Waals surface area contributed by atoms with E-state index in [9.17, 15) is 9.36 Å². The van der Waals surface area contributed by atoms with E-state index in [1.807, 2.05) is 74.5 Å². The number of hydrogen-bond donors (Lipinski definition) is 1. The van der Waals surface area contributed by atoms with Gasteiger partial charge in [-0.3, -0.25) is 14.7 Å². The Morgan fingerprint density at radius 3 is 1.77 bits per heavy atom. The molecule has 0 heterocycles. The van der Waals surface area contributed by atoms with E-state index in [2.05, 4.69) is 5.32 Å². The number of rotatable bonds is 12. The first-order chi connectivity index (χ1) is 14.3. The van der Waals surface area contributed by atoms with Crippen molar-refractivity contribution in [2.24, 2.45) is 5.92 Å². The summed E-state index contributed by atoms with van der Waals surface area (Å²) in [5.74, 6) is -0.843. The molecule has 2 aromatic carbocycles. The molecule has 0 aliphatic carbocycles. The topological polar surface area (TPSA) is 73.9 Å². The molecular formula is C23H32NO5P. The van der Waals surface area contributed by atoms with Gasteiger partial charge < -0.3 is 13.8 Å². The van der Waals surface area contributed by atoms with Crippen LogP contribution >= 0.6 is 7.60 Å². The van der Waals surface area contributed by atoms with Gasteiger partial charge in [0.2, 0.25) is 0 Å². The molecule has 0 radical (unpaired) electrons. The Hall–Kier alpha value is -1.98. The van der Waals surface area contributed by atoms with Crippen LogP contribution in [0.4, 0.5) is 0 Å². The normalized spacial score (nSPS) is 13.8. The van der Waals surface area contributed by atoms with Gasteiger partial charge in [-0.25, -0.2) is 0 Å². The zero-order valence-electron chi connectivity index (χ0n) is 18.1. The molecule has 0 unspecified atom stereocenters. The van der Waals surface area contributed by atoms with E-state index in [0.717, 1.165) is 11.1 Å². The van der Waals surface area contributed by atoms with Crippen LogP contribution in [0.15, 0.2) is 60.7 Å².